The second-order valence-electron chi connectivity index (χ2n) is 17.8. The van der Waals surface area contributed by atoms with Crippen LogP contribution in [0.2, 0.25) is 0 Å². The summed E-state index contributed by atoms with van der Waals surface area (Å²) in [4.78, 5) is 37.2. The Balaban J connectivity index is 2.37. The quantitative estimate of drug-likeness (QED) is 0.0363. The standard InChI is InChI=1S/C54H96O8/c1-5-9-13-16-19-26-35-45-60-52(55)39-31-24-20-27-33-43-58-50-41-42-51(48(46-50)47-61-53(56)38-12-8-4)59-44-34-28-21-25-32-40-54(57)62-49(36-29-22-17-14-10-6-2)37-30-23-18-15-11-7-3/h41-42,46,49H,5-40,43-45,47H2,1-4H3. The predicted octanol–water partition coefficient (Wildman–Crippen LogP) is 16.1. The Labute approximate surface area is 381 Å². The van der Waals surface area contributed by atoms with Gasteiger partial charge in [0.2, 0.25) is 0 Å². The van der Waals surface area contributed by atoms with Crippen LogP contribution >= 0.6 is 0 Å². The zero-order valence-electron chi connectivity index (χ0n) is 40.9. The average Bonchev–Trinajstić information content (AvgIpc) is 3.27. The third-order valence-electron chi connectivity index (χ3n) is 11.8. The van der Waals surface area contributed by atoms with Gasteiger partial charge < -0.3 is 23.7 Å². The summed E-state index contributed by atoms with van der Waals surface area (Å²) < 4.78 is 29.4. The molecule has 0 aliphatic heterocycles. The maximum atomic E-state index is 12.8. The van der Waals surface area contributed by atoms with Crippen LogP contribution in [0.4, 0.5) is 0 Å². The lowest BCUT2D eigenvalue weighted by molar-refractivity contribution is -0.150. The van der Waals surface area contributed by atoms with E-state index in [1.165, 1.54) is 96.3 Å². The predicted molar refractivity (Wildman–Crippen MR) is 257 cm³/mol. The molecule has 0 atom stereocenters. The molecule has 0 aromatic heterocycles. The van der Waals surface area contributed by atoms with E-state index in [1.54, 1.807) is 0 Å². The first-order valence-electron chi connectivity index (χ1n) is 26.3. The lowest BCUT2D eigenvalue weighted by Gasteiger charge is -2.18. The van der Waals surface area contributed by atoms with E-state index in [0.717, 1.165) is 133 Å². The minimum Gasteiger partial charge on any atom is -0.494 e. The first-order chi connectivity index (χ1) is 30.4. The molecule has 1 aromatic rings. The summed E-state index contributed by atoms with van der Waals surface area (Å²) in [6.07, 6.45) is 38.8. The molecule has 0 saturated carbocycles. The maximum Gasteiger partial charge on any atom is 0.306 e. The smallest absolute Gasteiger partial charge is 0.306 e. The molecule has 360 valence electrons. The molecule has 8 heteroatoms. The van der Waals surface area contributed by atoms with E-state index in [-0.39, 0.29) is 30.6 Å². The van der Waals surface area contributed by atoms with Crippen molar-refractivity contribution in [1.82, 2.24) is 0 Å². The Kier molecular flexibility index (Phi) is 40.1. The number of benzene rings is 1. The van der Waals surface area contributed by atoms with Crippen LogP contribution in [0.25, 0.3) is 0 Å². The molecule has 0 bridgehead atoms. The zero-order valence-corrected chi connectivity index (χ0v) is 40.9. The van der Waals surface area contributed by atoms with Crippen LogP contribution in [-0.2, 0) is 35.2 Å². The Morgan fingerprint density at radius 1 is 0.419 bits per heavy atom. The fraction of sp³-hybridized carbons (Fsp3) is 0.833. The minimum atomic E-state index is -0.194. The molecule has 1 rings (SSSR count). The lowest BCUT2D eigenvalue weighted by Crippen LogP contribution is -2.18. The molecule has 1 aromatic carbocycles. The van der Waals surface area contributed by atoms with Crippen molar-refractivity contribution in [3.63, 3.8) is 0 Å². The van der Waals surface area contributed by atoms with Crippen molar-refractivity contribution in [2.75, 3.05) is 19.8 Å². The first-order valence-corrected chi connectivity index (χ1v) is 26.3. The summed E-state index contributed by atoms with van der Waals surface area (Å²) in [6, 6.07) is 5.79. The van der Waals surface area contributed by atoms with E-state index in [2.05, 4.69) is 27.7 Å². The van der Waals surface area contributed by atoms with Crippen LogP contribution < -0.4 is 9.47 Å². The van der Waals surface area contributed by atoms with Crippen molar-refractivity contribution in [3.05, 3.63) is 23.8 Å². The molecule has 8 nitrogen and oxygen atoms in total. The van der Waals surface area contributed by atoms with Crippen molar-refractivity contribution in [2.45, 2.75) is 272 Å². The van der Waals surface area contributed by atoms with Crippen LogP contribution in [0.15, 0.2) is 18.2 Å². The summed E-state index contributed by atoms with van der Waals surface area (Å²) in [7, 11) is 0. The Morgan fingerprint density at radius 3 is 1.39 bits per heavy atom. The van der Waals surface area contributed by atoms with Crippen molar-refractivity contribution < 1.29 is 38.1 Å². The number of hydrogen-bond donors (Lipinski definition) is 0. The van der Waals surface area contributed by atoms with Crippen molar-refractivity contribution in [3.8, 4) is 11.5 Å². The number of unbranched alkanes of at least 4 members (excludes halogenated alkanes) is 25. The van der Waals surface area contributed by atoms with Crippen LogP contribution in [0.1, 0.15) is 264 Å². The van der Waals surface area contributed by atoms with E-state index < -0.39 is 0 Å². The summed E-state index contributed by atoms with van der Waals surface area (Å²) in [5.74, 6) is 1.19. The molecular weight excluding hydrogens is 777 g/mol. The highest BCUT2D eigenvalue weighted by molar-refractivity contribution is 5.70. The third-order valence-corrected chi connectivity index (χ3v) is 11.8. The van der Waals surface area contributed by atoms with Crippen molar-refractivity contribution in [1.29, 1.82) is 0 Å². The number of carbonyl (C=O) groups is 3. The topological polar surface area (TPSA) is 97.4 Å². The van der Waals surface area contributed by atoms with Gasteiger partial charge in [0.05, 0.1) is 19.8 Å². The molecule has 0 spiro atoms. The summed E-state index contributed by atoms with van der Waals surface area (Å²) in [6.45, 7) is 10.7. The molecule has 0 heterocycles. The lowest BCUT2D eigenvalue weighted by atomic mass is 10.0. The summed E-state index contributed by atoms with van der Waals surface area (Å²) in [5, 5.41) is 0. The molecule has 0 amide bonds. The highest BCUT2D eigenvalue weighted by Gasteiger charge is 2.15. The van der Waals surface area contributed by atoms with Crippen LogP contribution in [0.5, 0.6) is 11.5 Å². The van der Waals surface area contributed by atoms with Gasteiger partial charge in [-0.05, 0) is 82.4 Å². The highest BCUT2D eigenvalue weighted by Crippen LogP contribution is 2.27. The molecule has 0 aliphatic rings. The maximum absolute atomic E-state index is 12.8. The Hall–Kier alpha value is -2.77. The van der Waals surface area contributed by atoms with Crippen LogP contribution in [0, 0.1) is 0 Å². The van der Waals surface area contributed by atoms with E-state index in [0.29, 0.717) is 39.1 Å². The zero-order chi connectivity index (χ0) is 45.0. The minimum absolute atomic E-state index is 0.0228. The Bertz CT molecular complexity index is 1170. The highest BCUT2D eigenvalue weighted by atomic mass is 16.5. The number of rotatable bonds is 46. The van der Waals surface area contributed by atoms with Gasteiger partial charge in [-0.1, -0.05) is 175 Å². The SMILES string of the molecule is CCCCCCCCCOC(=O)CCCCCCCOc1ccc(OCCCCCCCC(=O)OC(CCCCCCCC)CCCCCCCC)c(COC(=O)CCCC)c1. The van der Waals surface area contributed by atoms with Gasteiger partial charge in [0.1, 0.15) is 24.2 Å². The monoisotopic (exact) mass is 873 g/mol. The molecule has 0 aliphatic carbocycles. The number of ether oxygens (including phenoxy) is 5. The Morgan fingerprint density at radius 2 is 0.839 bits per heavy atom. The second kappa shape index (κ2) is 43.5. The number of esters is 3. The molecule has 62 heavy (non-hydrogen) atoms. The molecular formula is C54H96O8. The third kappa shape index (κ3) is 35.7. The molecule has 0 unspecified atom stereocenters. The van der Waals surface area contributed by atoms with Gasteiger partial charge in [0, 0.05) is 24.8 Å². The van der Waals surface area contributed by atoms with Gasteiger partial charge in [0.25, 0.3) is 0 Å². The van der Waals surface area contributed by atoms with Gasteiger partial charge in [-0.15, -0.1) is 0 Å². The van der Waals surface area contributed by atoms with Gasteiger partial charge in [0.15, 0.2) is 0 Å². The fourth-order valence-corrected chi connectivity index (χ4v) is 7.76. The van der Waals surface area contributed by atoms with Crippen molar-refractivity contribution >= 4 is 17.9 Å². The number of carbonyl (C=O) groups excluding carboxylic acids is 3. The van der Waals surface area contributed by atoms with E-state index in [9.17, 15) is 14.4 Å². The summed E-state index contributed by atoms with van der Waals surface area (Å²) >= 11 is 0. The second-order valence-corrected chi connectivity index (χ2v) is 17.8. The largest absolute Gasteiger partial charge is 0.494 e. The molecule has 0 radical (unpaired) electrons. The molecule has 0 fully saturated rings. The normalized spacial score (nSPS) is 11.2. The first kappa shape index (κ1) is 57.2. The van der Waals surface area contributed by atoms with Gasteiger partial charge in [-0.25, -0.2) is 0 Å². The van der Waals surface area contributed by atoms with Gasteiger partial charge >= 0.3 is 17.9 Å². The average molecular weight is 873 g/mol. The van der Waals surface area contributed by atoms with Crippen molar-refractivity contribution in [2.24, 2.45) is 0 Å². The molecule has 0 saturated heterocycles. The van der Waals surface area contributed by atoms with Crippen LogP contribution in [0.3, 0.4) is 0 Å². The number of hydrogen-bond acceptors (Lipinski definition) is 8. The fourth-order valence-electron chi connectivity index (χ4n) is 7.76. The van der Waals surface area contributed by atoms with E-state index in [4.69, 9.17) is 23.7 Å². The van der Waals surface area contributed by atoms with E-state index in [1.807, 2.05) is 18.2 Å². The molecule has 0 N–H and O–H groups in total. The van der Waals surface area contributed by atoms with E-state index >= 15 is 0 Å². The van der Waals surface area contributed by atoms with Crippen LogP contribution in [-0.4, -0.2) is 43.8 Å². The van der Waals surface area contributed by atoms with Gasteiger partial charge in [-0.2, -0.15) is 0 Å². The summed E-state index contributed by atoms with van der Waals surface area (Å²) in [5.41, 5.74) is 0.816. The van der Waals surface area contributed by atoms with Gasteiger partial charge in [-0.3, -0.25) is 14.4 Å².